The average molecular weight is 280 g/mol. The fourth-order valence-corrected chi connectivity index (χ4v) is 3.65. The zero-order valence-corrected chi connectivity index (χ0v) is 11.9. The summed E-state index contributed by atoms with van der Waals surface area (Å²) in [4.78, 5) is 5.68. The first-order chi connectivity index (χ1) is 9.28. The Hall–Kier alpha value is -0.950. The van der Waals surface area contributed by atoms with Crippen molar-refractivity contribution in [2.45, 2.75) is 25.8 Å². The van der Waals surface area contributed by atoms with Crippen molar-refractivity contribution in [3.05, 3.63) is 23.5 Å². The van der Waals surface area contributed by atoms with Crippen LogP contribution in [-0.2, 0) is 11.2 Å². The number of hydrogen-bond acceptors (Lipinski definition) is 5. The molecule has 3 heterocycles. The van der Waals surface area contributed by atoms with Crippen molar-refractivity contribution in [3.8, 4) is 0 Å². The molecule has 0 saturated carbocycles. The monoisotopic (exact) mass is 280 g/mol. The second-order valence-electron chi connectivity index (χ2n) is 5.31. The number of aromatic nitrogens is 2. The molecular weight excluding hydrogens is 260 g/mol. The van der Waals surface area contributed by atoms with Gasteiger partial charge in [-0.05, 0) is 18.3 Å². The van der Waals surface area contributed by atoms with E-state index in [4.69, 9.17) is 10.6 Å². The summed E-state index contributed by atoms with van der Waals surface area (Å²) >= 11 is 1.66. The quantitative estimate of drug-likeness (QED) is 0.657. The minimum Gasteiger partial charge on any atom is -0.381 e. The van der Waals surface area contributed by atoms with Crippen molar-refractivity contribution < 1.29 is 4.74 Å². The molecule has 0 aromatic carbocycles. The molecule has 3 atom stereocenters. The van der Waals surface area contributed by atoms with Crippen molar-refractivity contribution in [2.24, 2.45) is 17.7 Å². The van der Waals surface area contributed by atoms with Gasteiger partial charge in [-0.2, -0.15) is 0 Å². The number of nitrogens with zero attached hydrogens (tertiary/aromatic N) is 2. The Balaban J connectivity index is 1.73. The van der Waals surface area contributed by atoms with E-state index in [9.17, 15) is 0 Å². The molecule has 5 nitrogen and oxygen atoms in total. The van der Waals surface area contributed by atoms with Gasteiger partial charge in [-0.25, -0.2) is 4.98 Å². The van der Waals surface area contributed by atoms with E-state index in [-0.39, 0.29) is 6.04 Å². The van der Waals surface area contributed by atoms with Crippen LogP contribution >= 0.6 is 11.3 Å². The molecule has 19 heavy (non-hydrogen) atoms. The molecule has 2 aromatic rings. The first-order valence-corrected chi connectivity index (χ1v) is 7.61. The topological polar surface area (TPSA) is 64.6 Å². The summed E-state index contributed by atoms with van der Waals surface area (Å²) in [6.07, 6.45) is 6.08. The molecule has 104 valence electrons. The van der Waals surface area contributed by atoms with Crippen molar-refractivity contribution in [2.75, 3.05) is 13.2 Å². The molecule has 1 aliphatic heterocycles. The van der Waals surface area contributed by atoms with Gasteiger partial charge in [0.15, 0.2) is 4.96 Å². The van der Waals surface area contributed by atoms with Gasteiger partial charge < -0.3 is 4.74 Å². The third-order valence-corrected chi connectivity index (χ3v) is 4.78. The van der Waals surface area contributed by atoms with E-state index < -0.39 is 0 Å². The number of nitrogens with two attached hydrogens (primary N) is 1. The lowest BCUT2D eigenvalue weighted by Gasteiger charge is -2.34. The maximum absolute atomic E-state index is 5.76. The lowest BCUT2D eigenvalue weighted by molar-refractivity contribution is 0.0108. The number of fused-ring (bicyclic) bond motifs is 1. The van der Waals surface area contributed by atoms with Crippen LogP contribution in [0.4, 0.5) is 0 Å². The second kappa shape index (κ2) is 5.58. The van der Waals surface area contributed by atoms with Gasteiger partial charge in [-0.1, -0.05) is 6.92 Å². The number of imidazole rings is 1. The lowest BCUT2D eigenvalue weighted by atomic mass is 9.82. The highest BCUT2D eigenvalue weighted by atomic mass is 32.1. The number of rotatable bonds is 4. The maximum atomic E-state index is 5.76. The second-order valence-corrected chi connectivity index (χ2v) is 6.18. The molecule has 0 radical (unpaired) electrons. The molecular formula is C13H20N4OS. The zero-order chi connectivity index (χ0) is 13.2. The Morgan fingerprint density at radius 1 is 1.68 bits per heavy atom. The number of nitrogens with one attached hydrogen (secondary N) is 1. The fourth-order valence-electron chi connectivity index (χ4n) is 2.93. The van der Waals surface area contributed by atoms with Gasteiger partial charge in [-0.3, -0.25) is 15.7 Å². The molecule has 0 amide bonds. The van der Waals surface area contributed by atoms with Crippen molar-refractivity contribution >= 4 is 16.3 Å². The molecule has 0 aliphatic carbocycles. The van der Waals surface area contributed by atoms with Crippen molar-refractivity contribution in [1.82, 2.24) is 14.8 Å². The van der Waals surface area contributed by atoms with Crippen LogP contribution < -0.4 is 11.3 Å². The molecule has 2 aromatic heterocycles. The van der Waals surface area contributed by atoms with Crippen LogP contribution in [0.5, 0.6) is 0 Å². The Bertz CT molecular complexity index is 509. The lowest BCUT2D eigenvalue weighted by Crippen LogP contribution is -2.47. The third-order valence-electron chi connectivity index (χ3n) is 4.01. The molecule has 3 N–H and O–H groups in total. The Kier molecular flexibility index (Phi) is 3.83. The Morgan fingerprint density at radius 2 is 2.58 bits per heavy atom. The highest BCUT2D eigenvalue weighted by Crippen LogP contribution is 2.26. The van der Waals surface area contributed by atoms with E-state index in [1.165, 1.54) is 0 Å². The van der Waals surface area contributed by atoms with Gasteiger partial charge in [0.2, 0.25) is 0 Å². The standard InChI is InChI=1S/C13H20N4OS/c1-9-8-18-4-2-11(9)12(16-14)6-10-7-17-3-5-19-13(17)15-10/h3,5,7,9,11-12,16H,2,4,6,8,14H2,1H3. The summed E-state index contributed by atoms with van der Waals surface area (Å²) in [5.41, 5.74) is 4.09. The van der Waals surface area contributed by atoms with E-state index in [1.807, 2.05) is 11.6 Å². The molecule has 3 unspecified atom stereocenters. The predicted octanol–water partition coefficient (Wildman–Crippen LogP) is 1.44. The van der Waals surface area contributed by atoms with Gasteiger partial charge in [0.1, 0.15) is 0 Å². The van der Waals surface area contributed by atoms with Crippen LogP contribution in [0.25, 0.3) is 4.96 Å². The van der Waals surface area contributed by atoms with E-state index in [2.05, 4.69) is 27.9 Å². The highest BCUT2D eigenvalue weighted by molar-refractivity contribution is 7.15. The van der Waals surface area contributed by atoms with Gasteiger partial charge in [0.05, 0.1) is 5.69 Å². The molecule has 1 aliphatic rings. The van der Waals surface area contributed by atoms with Gasteiger partial charge in [-0.15, -0.1) is 11.3 Å². The first kappa shape index (κ1) is 13.1. The highest BCUT2D eigenvalue weighted by Gasteiger charge is 2.29. The molecule has 1 fully saturated rings. The summed E-state index contributed by atoms with van der Waals surface area (Å²) in [5, 5.41) is 2.05. The summed E-state index contributed by atoms with van der Waals surface area (Å²) in [5.74, 6) is 6.85. The Labute approximate surface area is 116 Å². The van der Waals surface area contributed by atoms with Crippen LogP contribution in [0.1, 0.15) is 19.0 Å². The van der Waals surface area contributed by atoms with Crippen LogP contribution in [0.15, 0.2) is 17.8 Å². The van der Waals surface area contributed by atoms with Gasteiger partial charge >= 0.3 is 0 Å². The van der Waals surface area contributed by atoms with Crippen molar-refractivity contribution in [3.63, 3.8) is 0 Å². The van der Waals surface area contributed by atoms with Crippen LogP contribution in [0, 0.1) is 11.8 Å². The molecule has 1 saturated heterocycles. The van der Waals surface area contributed by atoms with E-state index in [0.717, 1.165) is 36.7 Å². The first-order valence-electron chi connectivity index (χ1n) is 6.73. The number of ether oxygens (including phenoxy) is 1. The minimum atomic E-state index is 0.267. The van der Waals surface area contributed by atoms with E-state index in [1.54, 1.807) is 11.3 Å². The van der Waals surface area contributed by atoms with Crippen LogP contribution in [-0.4, -0.2) is 28.6 Å². The van der Waals surface area contributed by atoms with Gasteiger partial charge in [0, 0.05) is 43.5 Å². The molecule has 0 spiro atoms. The average Bonchev–Trinajstić information content (AvgIpc) is 2.97. The molecule has 6 heteroatoms. The largest absolute Gasteiger partial charge is 0.381 e. The smallest absolute Gasteiger partial charge is 0.193 e. The number of thiazole rings is 1. The van der Waals surface area contributed by atoms with Crippen molar-refractivity contribution in [1.29, 1.82) is 0 Å². The van der Waals surface area contributed by atoms with E-state index >= 15 is 0 Å². The SMILES string of the molecule is CC1COCCC1C(Cc1cn2ccsc2n1)NN. The summed E-state index contributed by atoms with van der Waals surface area (Å²) < 4.78 is 7.58. The minimum absolute atomic E-state index is 0.267. The van der Waals surface area contributed by atoms with Crippen LogP contribution in [0.2, 0.25) is 0 Å². The summed E-state index contributed by atoms with van der Waals surface area (Å²) in [6, 6.07) is 0.267. The number of hydrogen-bond donors (Lipinski definition) is 2. The number of hydrazine groups is 1. The summed E-state index contributed by atoms with van der Waals surface area (Å²) in [6.45, 7) is 3.91. The fraction of sp³-hybridized carbons (Fsp3) is 0.615. The molecule has 0 bridgehead atoms. The third kappa shape index (κ3) is 2.67. The van der Waals surface area contributed by atoms with Gasteiger partial charge in [0.25, 0.3) is 0 Å². The van der Waals surface area contributed by atoms with E-state index in [0.29, 0.717) is 11.8 Å². The summed E-state index contributed by atoms with van der Waals surface area (Å²) in [7, 11) is 0. The Morgan fingerprint density at radius 3 is 3.32 bits per heavy atom. The predicted molar refractivity (Wildman–Crippen MR) is 76.0 cm³/mol. The normalized spacial score (nSPS) is 25.8. The zero-order valence-electron chi connectivity index (χ0n) is 11.1. The maximum Gasteiger partial charge on any atom is 0.193 e. The molecule has 3 rings (SSSR count). The van der Waals surface area contributed by atoms with Crippen LogP contribution in [0.3, 0.4) is 0 Å².